The van der Waals surface area contributed by atoms with Crippen LogP contribution >= 0.6 is 0 Å². The van der Waals surface area contributed by atoms with Gasteiger partial charge in [0.25, 0.3) is 5.91 Å². The second kappa shape index (κ2) is 4.68. The Morgan fingerprint density at radius 3 is 2.89 bits per heavy atom. The van der Waals surface area contributed by atoms with Crippen LogP contribution in [0.5, 0.6) is 0 Å². The standard InChI is InChI=1S/C14H13N3O2/c18-13-9-10-3-1-2-4-11(10)14(19)17(13)8-5-12-15-6-7-16-12/h1-4,6-7H,5,8-9H2,(H,15,16). The number of amides is 2. The summed E-state index contributed by atoms with van der Waals surface area (Å²) in [4.78, 5) is 32.6. The summed E-state index contributed by atoms with van der Waals surface area (Å²) in [5.41, 5.74) is 1.44. The number of hydrogen-bond acceptors (Lipinski definition) is 3. The smallest absolute Gasteiger partial charge is 0.260 e. The summed E-state index contributed by atoms with van der Waals surface area (Å²) in [6.45, 7) is 0.361. The van der Waals surface area contributed by atoms with E-state index < -0.39 is 0 Å². The van der Waals surface area contributed by atoms with Gasteiger partial charge in [0.1, 0.15) is 5.82 Å². The van der Waals surface area contributed by atoms with Crippen LogP contribution in [0.15, 0.2) is 36.7 Å². The van der Waals surface area contributed by atoms with Crippen LogP contribution in [0.1, 0.15) is 21.7 Å². The van der Waals surface area contributed by atoms with Crippen molar-refractivity contribution in [2.75, 3.05) is 6.54 Å². The van der Waals surface area contributed by atoms with Gasteiger partial charge in [-0.2, -0.15) is 0 Å². The fourth-order valence-corrected chi connectivity index (χ4v) is 2.28. The molecule has 0 bridgehead atoms. The summed E-state index contributed by atoms with van der Waals surface area (Å²) >= 11 is 0. The Hall–Kier alpha value is -2.43. The highest BCUT2D eigenvalue weighted by atomic mass is 16.2. The van der Waals surface area contributed by atoms with Crippen molar-refractivity contribution in [2.45, 2.75) is 12.8 Å². The highest BCUT2D eigenvalue weighted by molar-refractivity contribution is 6.09. The number of nitrogens with one attached hydrogen (secondary N) is 1. The summed E-state index contributed by atoms with van der Waals surface area (Å²) in [7, 11) is 0. The molecular formula is C14H13N3O2. The lowest BCUT2D eigenvalue weighted by Crippen LogP contribution is -2.43. The lowest BCUT2D eigenvalue weighted by molar-refractivity contribution is -0.128. The molecule has 2 amide bonds. The molecule has 1 aromatic heterocycles. The SMILES string of the molecule is O=C1Cc2ccccc2C(=O)N1CCc1ncc[nH]1. The number of hydrogen-bond donors (Lipinski definition) is 1. The molecule has 96 valence electrons. The van der Waals surface area contributed by atoms with E-state index in [9.17, 15) is 9.59 Å². The van der Waals surface area contributed by atoms with Crippen LogP contribution in [0.25, 0.3) is 0 Å². The van der Waals surface area contributed by atoms with Crippen LogP contribution in [0.3, 0.4) is 0 Å². The Balaban J connectivity index is 1.79. The van der Waals surface area contributed by atoms with Gasteiger partial charge in [-0.15, -0.1) is 0 Å². The van der Waals surface area contributed by atoms with Gasteiger partial charge in [0.05, 0.1) is 6.42 Å². The van der Waals surface area contributed by atoms with Crippen LogP contribution in [-0.4, -0.2) is 33.2 Å². The zero-order valence-corrected chi connectivity index (χ0v) is 10.3. The second-order valence-electron chi connectivity index (χ2n) is 4.47. The molecule has 3 rings (SSSR count). The molecular weight excluding hydrogens is 242 g/mol. The molecule has 1 aliphatic heterocycles. The maximum absolute atomic E-state index is 12.3. The van der Waals surface area contributed by atoms with Crippen molar-refractivity contribution >= 4 is 11.8 Å². The van der Waals surface area contributed by atoms with Gasteiger partial charge in [0.15, 0.2) is 0 Å². The zero-order valence-electron chi connectivity index (χ0n) is 10.3. The van der Waals surface area contributed by atoms with Crippen LogP contribution in [0, 0.1) is 0 Å². The average Bonchev–Trinajstić information content (AvgIpc) is 2.92. The molecule has 0 saturated heterocycles. The quantitative estimate of drug-likeness (QED) is 0.837. The average molecular weight is 255 g/mol. The van der Waals surface area contributed by atoms with Crippen molar-refractivity contribution in [3.63, 3.8) is 0 Å². The number of H-pyrrole nitrogens is 1. The monoisotopic (exact) mass is 255 g/mol. The first-order chi connectivity index (χ1) is 9.25. The molecule has 0 spiro atoms. The topological polar surface area (TPSA) is 66.1 Å². The van der Waals surface area contributed by atoms with E-state index in [1.807, 2.05) is 18.2 Å². The molecule has 5 heteroatoms. The highest BCUT2D eigenvalue weighted by Crippen LogP contribution is 2.19. The minimum Gasteiger partial charge on any atom is -0.349 e. The Labute approximate surface area is 110 Å². The molecule has 1 aromatic carbocycles. The van der Waals surface area contributed by atoms with Crippen molar-refractivity contribution in [1.29, 1.82) is 0 Å². The molecule has 1 N–H and O–H groups in total. The van der Waals surface area contributed by atoms with Gasteiger partial charge < -0.3 is 4.98 Å². The van der Waals surface area contributed by atoms with E-state index in [0.717, 1.165) is 11.4 Å². The molecule has 19 heavy (non-hydrogen) atoms. The third-order valence-corrected chi connectivity index (χ3v) is 3.26. The van der Waals surface area contributed by atoms with Gasteiger partial charge in [-0.3, -0.25) is 14.5 Å². The summed E-state index contributed by atoms with van der Waals surface area (Å²) in [5, 5.41) is 0. The third kappa shape index (κ3) is 2.14. The van der Waals surface area contributed by atoms with Crippen molar-refractivity contribution in [1.82, 2.24) is 14.9 Å². The Morgan fingerprint density at radius 1 is 1.26 bits per heavy atom. The molecule has 0 saturated carbocycles. The molecule has 1 aliphatic rings. The van der Waals surface area contributed by atoms with Crippen molar-refractivity contribution < 1.29 is 9.59 Å². The molecule has 2 heterocycles. The van der Waals surface area contributed by atoms with Gasteiger partial charge in [-0.1, -0.05) is 18.2 Å². The van der Waals surface area contributed by atoms with Crippen LogP contribution in [0.2, 0.25) is 0 Å². The number of rotatable bonds is 3. The van der Waals surface area contributed by atoms with Gasteiger partial charge in [0, 0.05) is 30.9 Å². The third-order valence-electron chi connectivity index (χ3n) is 3.26. The van der Waals surface area contributed by atoms with E-state index in [1.165, 1.54) is 4.90 Å². The lowest BCUT2D eigenvalue weighted by Gasteiger charge is -2.26. The fraction of sp³-hybridized carbons (Fsp3) is 0.214. The van der Waals surface area contributed by atoms with Crippen LogP contribution in [-0.2, 0) is 17.6 Å². The summed E-state index contributed by atoms with van der Waals surface area (Å²) < 4.78 is 0. The van der Waals surface area contributed by atoms with E-state index in [2.05, 4.69) is 9.97 Å². The van der Waals surface area contributed by atoms with Crippen molar-refractivity contribution in [3.05, 3.63) is 53.6 Å². The Bertz CT molecular complexity index is 619. The molecule has 5 nitrogen and oxygen atoms in total. The summed E-state index contributed by atoms with van der Waals surface area (Å²) in [6.07, 6.45) is 4.22. The first-order valence-electron chi connectivity index (χ1n) is 6.16. The Kier molecular flexibility index (Phi) is 2.87. The van der Waals surface area contributed by atoms with Crippen LogP contribution < -0.4 is 0 Å². The van der Waals surface area contributed by atoms with E-state index in [0.29, 0.717) is 24.9 Å². The maximum atomic E-state index is 12.3. The molecule has 0 aliphatic carbocycles. The predicted molar refractivity (Wildman–Crippen MR) is 68.5 cm³/mol. The van der Waals surface area contributed by atoms with E-state index in [1.54, 1.807) is 18.5 Å². The largest absolute Gasteiger partial charge is 0.349 e. The summed E-state index contributed by atoms with van der Waals surface area (Å²) in [6, 6.07) is 7.26. The predicted octanol–water partition coefficient (Wildman–Crippen LogP) is 1.18. The molecule has 2 aromatic rings. The lowest BCUT2D eigenvalue weighted by atomic mass is 9.98. The minimum absolute atomic E-state index is 0.143. The number of imidazole rings is 1. The number of fused-ring (bicyclic) bond motifs is 1. The van der Waals surface area contributed by atoms with Gasteiger partial charge >= 0.3 is 0 Å². The number of aromatic nitrogens is 2. The number of imide groups is 1. The number of carbonyl (C=O) groups is 2. The molecule has 0 radical (unpaired) electrons. The van der Waals surface area contributed by atoms with Gasteiger partial charge in [-0.25, -0.2) is 4.98 Å². The number of nitrogens with zero attached hydrogens (tertiary/aromatic N) is 2. The highest BCUT2D eigenvalue weighted by Gasteiger charge is 2.30. The second-order valence-corrected chi connectivity index (χ2v) is 4.47. The fourth-order valence-electron chi connectivity index (χ4n) is 2.28. The van der Waals surface area contributed by atoms with Gasteiger partial charge in [-0.05, 0) is 11.6 Å². The molecule has 0 unspecified atom stereocenters. The van der Waals surface area contributed by atoms with E-state index in [-0.39, 0.29) is 11.8 Å². The first kappa shape index (κ1) is 11.6. The normalized spacial score (nSPS) is 14.6. The number of carbonyl (C=O) groups excluding carboxylic acids is 2. The minimum atomic E-state index is -0.210. The van der Waals surface area contributed by atoms with Crippen molar-refractivity contribution in [2.24, 2.45) is 0 Å². The maximum Gasteiger partial charge on any atom is 0.260 e. The summed E-state index contributed by atoms with van der Waals surface area (Å²) in [5.74, 6) is 0.424. The van der Waals surface area contributed by atoms with E-state index >= 15 is 0 Å². The zero-order chi connectivity index (χ0) is 13.2. The number of aromatic amines is 1. The number of benzene rings is 1. The van der Waals surface area contributed by atoms with E-state index in [4.69, 9.17) is 0 Å². The van der Waals surface area contributed by atoms with Crippen LogP contribution in [0.4, 0.5) is 0 Å². The first-order valence-corrected chi connectivity index (χ1v) is 6.16. The molecule has 0 fully saturated rings. The molecule has 0 atom stereocenters. The van der Waals surface area contributed by atoms with Crippen molar-refractivity contribution in [3.8, 4) is 0 Å². The Morgan fingerprint density at radius 2 is 2.11 bits per heavy atom. The van der Waals surface area contributed by atoms with Gasteiger partial charge in [0.2, 0.25) is 5.91 Å².